The second-order valence-corrected chi connectivity index (χ2v) is 9.05. The van der Waals surface area contributed by atoms with Crippen molar-refractivity contribution in [2.45, 2.75) is 109 Å². The molecule has 3 N–H and O–H groups in total. The van der Waals surface area contributed by atoms with E-state index in [0.29, 0.717) is 0 Å². The Hall–Kier alpha value is 0.320. The maximum absolute atomic E-state index is 12.1. The number of phosphoric acid groups is 1. The summed E-state index contributed by atoms with van der Waals surface area (Å²) in [5, 5.41) is 9.24. The average Bonchev–Trinajstić information content (AvgIpc) is 2.99. The molecule has 6 nitrogen and oxygen atoms in total. The SMILES string of the molecule is CCCCCCCCCCCCCC[C@H]1OP(=O)(OC)O[C@H]1[C@@H](N)CO.Cl. The molecule has 0 aromatic carbocycles. The first-order chi connectivity index (χ1) is 12.6. The molecule has 1 heterocycles. The molecule has 1 unspecified atom stereocenters. The maximum Gasteiger partial charge on any atom is 0.475 e. The molecule has 0 radical (unpaired) electrons. The smallest absolute Gasteiger partial charge is 0.395 e. The molecule has 4 atom stereocenters. The Morgan fingerprint density at radius 1 is 0.963 bits per heavy atom. The van der Waals surface area contributed by atoms with Gasteiger partial charge in [-0.1, -0.05) is 84.0 Å². The minimum Gasteiger partial charge on any atom is -0.395 e. The number of nitrogens with two attached hydrogens (primary N) is 1. The number of hydrogen-bond donors (Lipinski definition) is 2. The van der Waals surface area contributed by atoms with E-state index in [-0.39, 0.29) is 25.1 Å². The average molecular weight is 430 g/mol. The molecule has 1 fully saturated rings. The summed E-state index contributed by atoms with van der Waals surface area (Å²) in [6.45, 7) is 2.02. The van der Waals surface area contributed by atoms with Crippen molar-refractivity contribution in [2.75, 3.05) is 13.7 Å². The number of phosphoric ester groups is 1. The zero-order valence-electron chi connectivity index (χ0n) is 17.1. The van der Waals surface area contributed by atoms with Gasteiger partial charge in [-0.15, -0.1) is 12.4 Å². The lowest BCUT2D eigenvalue weighted by Crippen LogP contribution is -2.43. The van der Waals surface area contributed by atoms with Gasteiger partial charge in [-0.3, -0.25) is 13.6 Å². The van der Waals surface area contributed by atoms with Crippen molar-refractivity contribution in [2.24, 2.45) is 5.73 Å². The van der Waals surface area contributed by atoms with Crippen molar-refractivity contribution < 1.29 is 23.2 Å². The monoisotopic (exact) mass is 429 g/mol. The van der Waals surface area contributed by atoms with E-state index in [1.807, 2.05) is 0 Å². The third kappa shape index (κ3) is 11.2. The van der Waals surface area contributed by atoms with E-state index < -0.39 is 20.0 Å². The van der Waals surface area contributed by atoms with Crippen LogP contribution < -0.4 is 5.73 Å². The highest BCUT2D eigenvalue weighted by molar-refractivity contribution is 7.48. The van der Waals surface area contributed by atoms with Crippen molar-refractivity contribution in [3.63, 3.8) is 0 Å². The molecule has 0 aromatic heterocycles. The molecule has 0 aliphatic carbocycles. The van der Waals surface area contributed by atoms with Crippen LogP contribution in [-0.2, 0) is 18.1 Å². The van der Waals surface area contributed by atoms with Crippen LogP contribution in [0.1, 0.15) is 90.4 Å². The third-order valence-corrected chi connectivity index (χ3v) is 6.56. The topological polar surface area (TPSA) is 91.0 Å². The normalized spacial score (nSPS) is 26.1. The predicted octanol–water partition coefficient (Wildman–Crippen LogP) is 5.36. The molecule has 1 aliphatic heterocycles. The van der Waals surface area contributed by atoms with Crippen molar-refractivity contribution in [1.29, 1.82) is 0 Å². The Balaban J connectivity index is 0.00000676. The lowest BCUT2D eigenvalue weighted by Gasteiger charge is -2.20. The molecular weight excluding hydrogens is 389 g/mol. The van der Waals surface area contributed by atoms with Crippen molar-refractivity contribution >= 4 is 20.2 Å². The molecular formula is C19H41ClNO5P. The van der Waals surface area contributed by atoms with Crippen LogP contribution in [0.25, 0.3) is 0 Å². The van der Waals surface area contributed by atoms with E-state index >= 15 is 0 Å². The van der Waals surface area contributed by atoms with Gasteiger partial charge in [0.15, 0.2) is 0 Å². The van der Waals surface area contributed by atoms with Gasteiger partial charge in [-0.2, -0.15) is 0 Å². The Kier molecular flexibility index (Phi) is 16.3. The molecule has 1 rings (SSSR count). The Bertz CT molecular complexity index is 402. The fourth-order valence-electron chi connectivity index (χ4n) is 3.41. The molecule has 1 saturated heterocycles. The summed E-state index contributed by atoms with van der Waals surface area (Å²) in [5.41, 5.74) is 5.85. The van der Waals surface area contributed by atoms with Crippen LogP contribution in [0.5, 0.6) is 0 Å². The minimum absolute atomic E-state index is 0. The molecule has 8 heteroatoms. The summed E-state index contributed by atoms with van der Waals surface area (Å²) in [4.78, 5) is 0. The molecule has 0 saturated carbocycles. The zero-order valence-corrected chi connectivity index (χ0v) is 18.9. The van der Waals surface area contributed by atoms with Crippen LogP contribution in [0, 0.1) is 0 Å². The lowest BCUT2D eigenvalue weighted by atomic mass is 10.00. The van der Waals surface area contributed by atoms with E-state index in [9.17, 15) is 9.67 Å². The van der Waals surface area contributed by atoms with Crippen LogP contribution in [0.15, 0.2) is 0 Å². The number of unbranched alkanes of at least 4 members (excludes halogenated alkanes) is 11. The first kappa shape index (κ1) is 27.3. The lowest BCUT2D eigenvalue weighted by molar-refractivity contribution is 0.0939. The summed E-state index contributed by atoms with van der Waals surface area (Å²) in [5.74, 6) is 0. The second kappa shape index (κ2) is 16.2. The molecule has 0 aromatic rings. The third-order valence-electron chi connectivity index (χ3n) is 5.08. The summed E-state index contributed by atoms with van der Waals surface area (Å²) in [6.07, 6.45) is 15.2. The van der Waals surface area contributed by atoms with Gasteiger partial charge >= 0.3 is 7.82 Å². The van der Waals surface area contributed by atoms with Crippen LogP contribution in [0.2, 0.25) is 0 Å². The number of aliphatic hydroxyl groups excluding tert-OH is 1. The quantitative estimate of drug-likeness (QED) is 0.253. The predicted molar refractivity (Wildman–Crippen MR) is 112 cm³/mol. The maximum atomic E-state index is 12.1. The van der Waals surface area contributed by atoms with Crippen LogP contribution in [0.3, 0.4) is 0 Å². The van der Waals surface area contributed by atoms with Gasteiger partial charge in [0.25, 0.3) is 0 Å². The van der Waals surface area contributed by atoms with Crippen LogP contribution in [0.4, 0.5) is 0 Å². The fourth-order valence-corrected chi connectivity index (χ4v) is 4.78. The van der Waals surface area contributed by atoms with E-state index in [4.69, 9.17) is 19.3 Å². The molecule has 164 valence electrons. The molecule has 0 amide bonds. The van der Waals surface area contributed by atoms with Gasteiger partial charge in [0, 0.05) is 7.11 Å². The van der Waals surface area contributed by atoms with Crippen molar-refractivity contribution in [3.05, 3.63) is 0 Å². The Morgan fingerprint density at radius 3 is 1.89 bits per heavy atom. The van der Waals surface area contributed by atoms with Crippen molar-refractivity contribution in [1.82, 2.24) is 0 Å². The van der Waals surface area contributed by atoms with E-state index in [1.165, 1.54) is 71.3 Å². The molecule has 0 spiro atoms. The van der Waals surface area contributed by atoms with Crippen LogP contribution >= 0.6 is 20.2 Å². The van der Waals surface area contributed by atoms with Gasteiger partial charge in [-0.05, 0) is 6.42 Å². The fraction of sp³-hybridized carbons (Fsp3) is 1.00. The molecule has 1 aliphatic rings. The standard InChI is InChI=1S/C19H40NO5P.ClH/c1-3-4-5-6-7-8-9-10-11-12-13-14-15-18-19(17(20)16-21)25-26(22,23-2)24-18;/h17-19,21H,3-16,20H2,1-2H3;1H/t17-,18+,19-,26?;/m0./s1. The van der Waals surface area contributed by atoms with Crippen LogP contribution in [-0.4, -0.2) is 37.1 Å². The van der Waals surface area contributed by atoms with Crippen molar-refractivity contribution in [3.8, 4) is 0 Å². The summed E-state index contributed by atoms with van der Waals surface area (Å²) >= 11 is 0. The first-order valence-corrected chi connectivity index (χ1v) is 11.9. The summed E-state index contributed by atoms with van der Waals surface area (Å²) < 4.78 is 27.8. The van der Waals surface area contributed by atoms with Gasteiger partial charge in [-0.25, -0.2) is 4.57 Å². The summed E-state index contributed by atoms with van der Waals surface area (Å²) in [6, 6.07) is -0.608. The zero-order chi connectivity index (χ0) is 19.3. The largest absolute Gasteiger partial charge is 0.475 e. The van der Waals surface area contributed by atoms with E-state index in [2.05, 4.69) is 6.92 Å². The van der Waals surface area contributed by atoms with Gasteiger partial charge in [0.1, 0.15) is 6.10 Å². The van der Waals surface area contributed by atoms with E-state index in [1.54, 1.807) is 0 Å². The minimum atomic E-state index is -3.51. The Labute approximate surface area is 171 Å². The van der Waals surface area contributed by atoms with Gasteiger partial charge in [0.2, 0.25) is 0 Å². The van der Waals surface area contributed by atoms with E-state index in [0.717, 1.165) is 19.3 Å². The highest BCUT2D eigenvalue weighted by Crippen LogP contribution is 2.57. The number of hydrogen-bond acceptors (Lipinski definition) is 6. The second-order valence-electron chi connectivity index (χ2n) is 7.37. The molecule has 27 heavy (non-hydrogen) atoms. The number of rotatable bonds is 16. The van der Waals surface area contributed by atoms with Gasteiger partial charge < -0.3 is 10.8 Å². The number of aliphatic hydroxyl groups is 1. The molecule has 0 bridgehead atoms. The summed E-state index contributed by atoms with van der Waals surface area (Å²) in [7, 11) is -2.21. The Morgan fingerprint density at radius 2 is 1.44 bits per heavy atom. The highest BCUT2D eigenvalue weighted by atomic mass is 35.5. The number of halogens is 1. The first-order valence-electron chi connectivity index (χ1n) is 10.4. The van der Waals surface area contributed by atoms with Gasteiger partial charge in [0.05, 0.1) is 18.8 Å². The highest BCUT2D eigenvalue weighted by Gasteiger charge is 2.47.